The van der Waals surface area contributed by atoms with Crippen LogP contribution >= 0.6 is 0 Å². The van der Waals surface area contributed by atoms with Crippen molar-refractivity contribution in [2.45, 2.75) is 25.4 Å². The van der Waals surface area contributed by atoms with Crippen molar-refractivity contribution in [1.82, 2.24) is 14.9 Å². The molecule has 2 aromatic rings. The van der Waals surface area contributed by atoms with Crippen LogP contribution in [0.2, 0.25) is 0 Å². The first-order chi connectivity index (χ1) is 10.2. The summed E-state index contributed by atoms with van der Waals surface area (Å²) in [4.78, 5) is 18.8. The molecule has 0 saturated carbocycles. The Morgan fingerprint density at radius 2 is 2.19 bits per heavy atom. The van der Waals surface area contributed by atoms with Gasteiger partial charge < -0.3 is 14.8 Å². The van der Waals surface area contributed by atoms with Crippen LogP contribution in [0.25, 0.3) is 0 Å². The van der Waals surface area contributed by atoms with E-state index in [1.165, 1.54) is 0 Å². The fourth-order valence-corrected chi connectivity index (χ4v) is 2.82. The molecular formula is C16H20N4O. The summed E-state index contributed by atoms with van der Waals surface area (Å²) in [7, 11) is 1.92. The van der Waals surface area contributed by atoms with Gasteiger partial charge in [0.25, 0.3) is 0 Å². The molecular weight excluding hydrogens is 264 g/mol. The molecule has 0 spiro atoms. The molecule has 5 nitrogen and oxygen atoms in total. The zero-order valence-electron chi connectivity index (χ0n) is 12.2. The Morgan fingerprint density at radius 1 is 1.38 bits per heavy atom. The van der Waals surface area contributed by atoms with Crippen molar-refractivity contribution in [3.05, 3.63) is 48.5 Å². The van der Waals surface area contributed by atoms with Gasteiger partial charge in [-0.1, -0.05) is 18.2 Å². The fraction of sp³-hybridized carbons (Fsp3) is 0.375. The molecule has 1 atom stereocenters. The molecule has 5 heteroatoms. The maximum Gasteiger partial charge on any atom is 0.243 e. The average Bonchev–Trinajstić information content (AvgIpc) is 3.14. The first-order valence-electron chi connectivity index (χ1n) is 7.30. The van der Waals surface area contributed by atoms with Gasteiger partial charge >= 0.3 is 0 Å². The summed E-state index contributed by atoms with van der Waals surface area (Å²) in [6.07, 6.45) is 5.62. The molecule has 1 amide bonds. The van der Waals surface area contributed by atoms with Gasteiger partial charge in [-0.25, -0.2) is 4.98 Å². The first kappa shape index (κ1) is 13.7. The van der Waals surface area contributed by atoms with Crippen LogP contribution in [0, 0.1) is 0 Å². The molecule has 3 rings (SSSR count). The fourth-order valence-electron chi connectivity index (χ4n) is 2.82. The Bertz CT molecular complexity index is 608. The van der Waals surface area contributed by atoms with E-state index >= 15 is 0 Å². The van der Waals surface area contributed by atoms with Crippen LogP contribution in [-0.4, -0.2) is 28.0 Å². The third-order valence-corrected chi connectivity index (χ3v) is 3.85. The van der Waals surface area contributed by atoms with Gasteiger partial charge in [-0.3, -0.25) is 4.79 Å². The number of rotatable bonds is 4. The topological polar surface area (TPSA) is 50.2 Å². The number of para-hydroxylation sites is 1. The van der Waals surface area contributed by atoms with Crippen LogP contribution in [0.3, 0.4) is 0 Å². The number of carbonyl (C=O) groups is 1. The molecule has 1 saturated heterocycles. The minimum atomic E-state index is -0.0730. The summed E-state index contributed by atoms with van der Waals surface area (Å²) < 4.78 is 1.88. The van der Waals surface area contributed by atoms with E-state index in [1.54, 1.807) is 6.33 Å². The lowest BCUT2D eigenvalue weighted by Crippen LogP contribution is -2.43. The highest BCUT2D eigenvalue weighted by molar-refractivity contribution is 5.85. The molecule has 1 fully saturated rings. The van der Waals surface area contributed by atoms with E-state index in [0.29, 0.717) is 6.54 Å². The predicted molar refractivity (Wildman–Crippen MR) is 81.9 cm³/mol. The van der Waals surface area contributed by atoms with Crippen LogP contribution in [0.5, 0.6) is 0 Å². The van der Waals surface area contributed by atoms with E-state index in [0.717, 1.165) is 30.8 Å². The normalized spacial score (nSPS) is 18.0. The van der Waals surface area contributed by atoms with Gasteiger partial charge in [-0.15, -0.1) is 0 Å². The molecule has 2 heterocycles. The Labute approximate surface area is 124 Å². The quantitative estimate of drug-likeness (QED) is 0.930. The minimum Gasteiger partial charge on any atom is -0.360 e. The highest BCUT2D eigenvalue weighted by atomic mass is 16.2. The van der Waals surface area contributed by atoms with Gasteiger partial charge in [0.05, 0.1) is 18.6 Å². The van der Waals surface area contributed by atoms with E-state index in [-0.39, 0.29) is 11.9 Å². The molecule has 21 heavy (non-hydrogen) atoms. The van der Waals surface area contributed by atoms with Crippen molar-refractivity contribution in [2.75, 3.05) is 11.4 Å². The van der Waals surface area contributed by atoms with Crippen molar-refractivity contribution in [3.63, 3.8) is 0 Å². The van der Waals surface area contributed by atoms with Crippen molar-refractivity contribution in [3.8, 4) is 0 Å². The van der Waals surface area contributed by atoms with E-state index in [1.807, 2.05) is 36.0 Å². The van der Waals surface area contributed by atoms with Crippen LogP contribution < -0.4 is 10.2 Å². The number of anilines is 1. The average molecular weight is 284 g/mol. The van der Waals surface area contributed by atoms with Crippen molar-refractivity contribution in [1.29, 1.82) is 0 Å². The zero-order chi connectivity index (χ0) is 14.7. The summed E-state index contributed by atoms with van der Waals surface area (Å²) >= 11 is 0. The summed E-state index contributed by atoms with van der Waals surface area (Å²) in [5, 5.41) is 3.00. The van der Waals surface area contributed by atoms with Gasteiger partial charge in [-0.2, -0.15) is 0 Å². The van der Waals surface area contributed by atoms with Gasteiger partial charge in [-0.05, 0) is 25.0 Å². The smallest absolute Gasteiger partial charge is 0.243 e. The van der Waals surface area contributed by atoms with E-state index < -0.39 is 0 Å². The highest BCUT2D eigenvalue weighted by Gasteiger charge is 2.30. The molecule has 1 aromatic heterocycles. The van der Waals surface area contributed by atoms with E-state index in [9.17, 15) is 4.79 Å². The van der Waals surface area contributed by atoms with Crippen molar-refractivity contribution in [2.24, 2.45) is 7.05 Å². The molecule has 1 aliphatic rings. The number of imidazole rings is 1. The summed E-state index contributed by atoms with van der Waals surface area (Å²) in [5.41, 5.74) is 2.00. The van der Waals surface area contributed by atoms with Gasteiger partial charge in [0.1, 0.15) is 6.04 Å². The second-order valence-electron chi connectivity index (χ2n) is 5.44. The first-order valence-corrected chi connectivity index (χ1v) is 7.30. The molecule has 1 aliphatic heterocycles. The van der Waals surface area contributed by atoms with E-state index in [4.69, 9.17) is 0 Å². The number of hydrogen-bond donors (Lipinski definition) is 1. The molecule has 1 unspecified atom stereocenters. The molecule has 110 valence electrons. The van der Waals surface area contributed by atoms with Crippen LogP contribution in [0.1, 0.15) is 18.5 Å². The number of amides is 1. The second kappa shape index (κ2) is 5.99. The lowest BCUT2D eigenvalue weighted by molar-refractivity contribution is -0.122. The van der Waals surface area contributed by atoms with Crippen LogP contribution in [-0.2, 0) is 18.4 Å². The number of aromatic nitrogens is 2. The largest absolute Gasteiger partial charge is 0.360 e. The SMILES string of the molecule is Cn1cnc(CNC(=O)C2CCCN2c2ccccc2)c1. The lowest BCUT2D eigenvalue weighted by atomic mass is 10.2. The Hall–Kier alpha value is -2.30. The number of hydrogen-bond acceptors (Lipinski definition) is 3. The zero-order valence-corrected chi connectivity index (χ0v) is 12.2. The number of aryl methyl sites for hydroxylation is 1. The third-order valence-electron chi connectivity index (χ3n) is 3.85. The maximum atomic E-state index is 12.4. The van der Waals surface area contributed by atoms with Crippen molar-refractivity contribution >= 4 is 11.6 Å². The summed E-state index contributed by atoms with van der Waals surface area (Å²) in [6, 6.07) is 10.1. The summed E-state index contributed by atoms with van der Waals surface area (Å²) in [5.74, 6) is 0.0852. The standard InChI is InChI=1S/C16H20N4O/c1-19-11-13(18-12-19)10-17-16(21)15-8-5-9-20(15)14-6-3-2-4-7-14/h2-4,6-7,11-12,15H,5,8-10H2,1H3,(H,17,21). The minimum absolute atomic E-state index is 0.0730. The second-order valence-corrected chi connectivity index (χ2v) is 5.44. The van der Waals surface area contributed by atoms with Crippen LogP contribution in [0.15, 0.2) is 42.9 Å². The molecule has 1 aromatic carbocycles. The third kappa shape index (κ3) is 3.07. The Kier molecular flexibility index (Phi) is 3.90. The number of nitrogens with one attached hydrogen (secondary N) is 1. The van der Waals surface area contributed by atoms with E-state index in [2.05, 4.69) is 27.3 Å². The Balaban J connectivity index is 1.63. The predicted octanol–water partition coefficient (Wildman–Crippen LogP) is 1.71. The molecule has 0 aliphatic carbocycles. The van der Waals surface area contributed by atoms with Gasteiger partial charge in [0.15, 0.2) is 0 Å². The number of nitrogens with zero attached hydrogens (tertiary/aromatic N) is 3. The van der Waals surface area contributed by atoms with Gasteiger partial charge in [0.2, 0.25) is 5.91 Å². The Morgan fingerprint density at radius 3 is 2.90 bits per heavy atom. The number of carbonyl (C=O) groups excluding carboxylic acids is 1. The van der Waals surface area contributed by atoms with Gasteiger partial charge in [0, 0.05) is 25.5 Å². The molecule has 1 N–H and O–H groups in total. The molecule has 0 radical (unpaired) electrons. The monoisotopic (exact) mass is 284 g/mol. The lowest BCUT2D eigenvalue weighted by Gasteiger charge is -2.25. The van der Waals surface area contributed by atoms with Crippen molar-refractivity contribution < 1.29 is 4.79 Å². The maximum absolute atomic E-state index is 12.4. The van der Waals surface area contributed by atoms with Crippen LogP contribution in [0.4, 0.5) is 5.69 Å². The summed E-state index contributed by atoms with van der Waals surface area (Å²) in [6.45, 7) is 1.42. The molecule has 0 bridgehead atoms. The number of benzene rings is 1. The highest BCUT2D eigenvalue weighted by Crippen LogP contribution is 2.25.